The largest absolute Gasteiger partial charge is 0.396 e. The Labute approximate surface area is 107 Å². The van der Waals surface area contributed by atoms with Gasteiger partial charge in [-0.1, -0.05) is 6.92 Å². The van der Waals surface area contributed by atoms with Gasteiger partial charge in [-0.3, -0.25) is 4.79 Å². The van der Waals surface area contributed by atoms with Gasteiger partial charge in [-0.05, 0) is 30.9 Å². The van der Waals surface area contributed by atoms with Crippen LogP contribution in [0.2, 0.25) is 0 Å². The second-order valence-electron chi connectivity index (χ2n) is 4.24. The molecule has 1 rings (SSSR count). The van der Waals surface area contributed by atoms with Crippen molar-refractivity contribution in [2.24, 2.45) is 5.92 Å². The highest BCUT2D eigenvalue weighted by Crippen LogP contribution is 2.06. The van der Waals surface area contributed by atoms with Crippen LogP contribution in [0.3, 0.4) is 0 Å². The molecule has 0 aliphatic rings. The van der Waals surface area contributed by atoms with Crippen LogP contribution >= 0.6 is 0 Å². The molecule has 0 saturated carbocycles. The van der Waals surface area contributed by atoms with Gasteiger partial charge in [-0.15, -0.1) is 10.2 Å². The summed E-state index contributed by atoms with van der Waals surface area (Å²) in [6.45, 7) is 3.01. The first-order chi connectivity index (χ1) is 8.67. The summed E-state index contributed by atoms with van der Waals surface area (Å²) in [4.78, 5) is 11.2. The highest BCUT2D eigenvalue weighted by Gasteiger charge is 2.05. The number of carbonyl (C=O) groups excluding carboxylic acids is 1. The van der Waals surface area contributed by atoms with Gasteiger partial charge in [-0.2, -0.15) is 0 Å². The summed E-state index contributed by atoms with van der Waals surface area (Å²) < 4.78 is 0. The maximum atomic E-state index is 11.2. The van der Waals surface area contributed by atoms with Crippen LogP contribution in [0.15, 0.2) is 12.1 Å². The van der Waals surface area contributed by atoms with Crippen LogP contribution in [-0.2, 0) is 0 Å². The first-order valence-corrected chi connectivity index (χ1v) is 6.08. The van der Waals surface area contributed by atoms with Gasteiger partial charge < -0.3 is 15.7 Å². The van der Waals surface area contributed by atoms with E-state index >= 15 is 0 Å². The quantitative estimate of drug-likeness (QED) is 0.620. The fourth-order valence-corrected chi connectivity index (χ4v) is 1.43. The number of nitrogens with one attached hydrogen (secondary N) is 2. The number of aliphatic hydroxyl groups is 1. The molecule has 100 valence electrons. The third kappa shape index (κ3) is 4.67. The average molecular weight is 252 g/mol. The molecule has 1 aromatic rings. The standard InChI is InChI=1S/C12H20N4O2/c1-9(8-17)4-3-7-14-11-6-5-10(15-16-11)12(18)13-2/h5-6,9,17H,3-4,7-8H2,1-2H3,(H,13,18)(H,14,16). The fraction of sp³-hybridized carbons (Fsp3) is 0.583. The number of anilines is 1. The lowest BCUT2D eigenvalue weighted by atomic mass is 10.1. The Morgan fingerprint density at radius 2 is 2.22 bits per heavy atom. The predicted octanol–water partition coefficient (Wildman–Crippen LogP) is 0.657. The lowest BCUT2D eigenvalue weighted by molar-refractivity contribution is 0.0957. The SMILES string of the molecule is CNC(=O)c1ccc(NCCCC(C)CO)nn1. The van der Waals surface area contributed by atoms with Gasteiger partial charge in [0, 0.05) is 20.2 Å². The third-order valence-electron chi connectivity index (χ3n) is 2.62. The fourth-order valence-electron chi connectivity index (χ4n) is 1.43. The molecule has 0 saturated heterocycles. The third-order valence-corrected chi connectivity index (χ3v) is 2.62. The van der Waals surface area contributed by atoms with Crippen LogP contribution in [0.25, 0.3) is 0 Å². The van der Waals surface area contributed by atoms with Crippen molar-refractivity contribution in [2.75, 3.05) is 25.5 Å². The summed E-state index contributed by atoms with van der Waals surface area (Å²) >= 11 is 0. The lowest BCUT2D eigenvalue weighted by Crippen LogP contribution is -2.19. The summed E-state index contributed by atoms with van der Waals surface area (Å²) in [5.74, 6) is 0.735. The van der Waals surface area contributed by atoms with Crippen LogP contribution in [0.1, 0.15) is 30.3 Å². The highest BCUT2D eigenvalue weighted by atomic mass is 16.3. The van der Waals surface area contributed by atoms with Gasteiger partial charge in [0.25, 0.3) is 5.91 Å². The zero-order valence-electron chi connectivity index (χ0n) is 10.8. The molecule has 6 nitrogen and oxygen atoms in total. The van der Waals surface area contributed by atoms with Crippen LogP contribution in [0.5, 0.6) is 0 Å². The van der Waals surface area contributed by atoms with Crippen LogP contribution in [0, 0.1) is 5.92 Å². The zero-order chi connectivity index (χ0) is 13.4. The number of amides is 1. The molecule has 0 bridgehead atoms. The van der Waals surface area contributed by atoms with Crippen LogP contribution in [-0.4, -0.2) is 41.4 Å². The molecular formula is C12H20N4O2. The van der Waals surface area contributed by atoms with Crippen molar-refractivity contribution in [2.45, 2.75) is 19.8 Å². The van der Waals surface area contributed by atoms with E-state index in [9.17, 15) is 4.79 Å². The molecule has 6 heteroatoms. The minimum atomic E-state index is -0.245. The first-order valence-electron chi connectivity index (χ1n) is 6.08. The van der Waals surface area contributed by atoms with Gasteiger partial charge in [0.1, 0.15) is 5.82 Å². The Balaban J connectivity index is 2.33. The topological polar surface area (TPSA) is 87.1 Å². The number of hydrogen-bond donors (Lipinski definition) is 3. The molecule has 1 amide bonds. The van der Waals surface area contributed by atoms with Gasteiger partial charge in [0.05, 0.1) is 0 Å². The second-order valence-corrected chi connectivity index (χ2v) is 4.24. The maximum absolute atomic E-state index is 11.2. The van der Waals surface area contributed by atoms with E-state index in [1.807, 2.05) is 6.92 Å². The number of carbonyl (C=O) groups is 1. The van der Waals surface area contributed by atoms with Gasteiger partial charge in [0.2, 0.25) is 0 Å². The van der Waals surface area contributed by atoms with E-state index in [0.717, 1.165) is 19.4 Å². The predicted molar refractivity (Wildman–Crippen MR) is 69.4 cm³/mol. The average Bonchev–Trinajstić information content (AvgIpc) is 2.43. The number of rotatable bonds is 7. The summed E-state index contributed by atoms with van der Waals surface area (Å²) in [5.41, 5.74) is 0.303. The lowest BCUT2D eigenvalue weighted by Gasteiger charge is -2.08. The Kier molecular flexibility index (Phi) is 6.07. The normalized spacial score (nSPS) is 11.9. The Morgan fingerprint density at radius 1 is 1.44 bits per heavy atom. The summed E-state index contributed by atoms with van der Waals surface area (Å²) in [5, 5.41) is 22.2. The molecule has 0 radical (unpaired) electrons. The monoisotopic (exact) mass is 252 g/mol. The van der Waals surface area contributed by atoms with E-state index in [4.69, 9.17) is 5.11 Å². The molecule has 1 aromatic heterocycles. The van der Waals surface area contributed by atoms with Crippen LogP contribution < -0.4 is 10.6 Å². The zero-order valence-corrected chi connectivity index (χ0v) is 10.8. The van der Waals surface area contributed by atoms with E-state index in [1.54, 1.807) is 19.2 Å². The molecule has 0 spiro atoms. The molecule has 0 aliphatic heterocycles. The molecule has 1 unspecified atom stereocenters. The van der Waals surface area contributed by atoms with Crippen molar-refractivity contribution in [3.63, 3.8) is 0 Å². The summed E-state index contributed by atoms with van der Waals surface area (Å²) in [6.07, 6.45) is 1.92. The van der Waals surface area contributed by atoms with Gasteiger partial charge in [-0.25, -0.2) is 0 Å². The highest BCUT2D eigenvalue weighted by molar-refractivity contribution is 5.91. The van der Waals surface area contributed by atoms with Crippen molar-refractivity contribution in [3.05, 3.63) is 17.8 Å². The maximum Gasteiger partial charge on any atom is 0.271 e. The van der Waals surface area contributed by atoms with Gasteiger partial charge in [0.15, 0.2) is 5.69 Å². The second kappa shape index (κ2) is 7.60. The molecule has 0 aromatic carbocycles. The van der Waals surface area contributed by atoms with Crippen molar-refractivity contribution in [1.29, 1.82) is 0 Å². The summed E-state index contributed by atoms with van der Waals surface area (Å²) in [7, 11) is 1.55. The smallest absolute Gasteiger partial charge is 0.271 e. The number of aliphatic hydroxyl groups excluding tert-OH is 1. The molecular weight excluding hydrogens is 232 g/mol. The molecule has 3 N–H and O–H groups in total. The molecule has 0 fully saturated rings. The number of hydrogen-bond acceptors (Lipinski definition) is 5. The Bertz CT molecular complexity index is 367. The van der Waals surface area contributed by atoms with Crippen molar-refractivity contribution in [1.82, 2.24) is 15.5 Å². The Morgan fingerprint density at radius 3 is 2.78 bits per heavy atom. The summed E-state index contributed by atoms with van der Waals surface area (Å²) in [6, 6.07) is 3.36. The molecule has 1 atom stereocenters. The van der Waals surface area contributed by atoms with E-state index in [1.165, 1.54) is 0 Å². The minimum absolute atomic E-state index is 0.223. The number of aromatic nitrogens is 2. The van der Waals surface area contributed by atoms with E-state index < -0.39 is 0 Å². The molecule has 1 heterocycles. The Hall–Kier alpha value is -1.69. The molecule has 18 heavy (non-hydrogen) atoms. The van der Waals surface area contributed by atoms with E-state index in [2.05, 4.69) is 20.8 Å². The number of nitrogens with zero attached hydrogens (tertiary/aromatic N) is 2. The van der Waals surface area contributed by atoms with E-state index in [0.29, 0.717) is 17.4 Å². The minimum Gasteiger partial charge on any atom is -0.396 e. The molecule has 0 aliphatic carbocycles. The van der Waals surface area contributed by atoms with Crippen molar-refractivity contribution >= 4 is 11.7 Å². The first kappa shape index (κ1) is 14.4. The van der Waals surface area contributed by atoms with Crippen LogP contribution in [0.4, 0.5) is 5.82 Å². The van der Waals surface area contributed by atoms with E-state index in [-0.39, 0.29) is 12.5 Å². The van der Waals surface area contributed by atoms with Crippen molar-refractivity contribution in [3.8, 4) is 0 Å². The van der Waals surface area contributed by atoms with Gasteiger partial charge >= 0.3 is 0 Å². The van der Waals surface area contributed by atoms with Crippen molar-refractivity contribution < 1.29 is 9.90 Å².